The second-order valence-electron chi connectivity index (χ2n) is 6.27. The lowest BCUT2D eigenvalue weighted by Crippen LogP contribution is -2.29. The molecule has 2 aromatic rings. The molecule has 5 nitrogen and oxygen atoms in total. The van der Waals surface area contributed by atoms with Crippen LogP contribution in [0.15, 0.2) is 36.5 Å². The SMILES string of the molecule is Cc1c[nH]c(C(=O)N2CCC(Cc3cccc(C(N)=O)c3)C2)c1. The number of carbonyl (C=O) groups is 2. The van der Waals surface area contributed by atoms with Crippen molar-refractivity contribution in [2.24, 2.45) is 11.7 Å². The number of amides is 2. The Labute approximate surface area is 135 Å². The lowest BCUT2D eigenvalue weighted by atomic mass is 9.97. The number of hydrogen-bond acceptors (Lipinski definition) is 2. The molecular weight excluding hydrogens is 290 g/mol. The number of primary amides is 1. The lowest BCUT2D eigenvalue weighted by molar-refractivity contribution is 0.0781. The van der Waals surface area contributed by atoms with Crippen LogP contribution in [0.3, 0.4) is 0 Å². The van der Waals surface area contributed by atoms with E-state index in [1.54, 1.807) is 6.07 Å². The predicted molar refractivity (Wildman–Crippen MR) is 88.2 cm³/mol. The summed E-state index contributed by atoms with van der Waals surface area (Å²) in [7, 11) is 0. The van der Waals surface area contributed by atoms with Gasteiger partial charge in [0.25, 0.3) is 5.91 Å². The van der Waals surface area contributed by atoms with Crippen molar-refractivity contribution in [2.45, 2.75) is 19.8 Å². The zero-order valence-electron chi connectivity index (χ0n) is 13.2. The number of aryl methyl sites for hydroxylation is 1. The summed E-state index contributed by atoms with van der Waals surface area (Å²) >= 11 is 0. The van der Waals surface area contributed by atoms with E-state index in [1.807, 2.05) is 42.3 Å². The van der Waals surface area contributed by atoms with Gasteiger partial charge in [0.2, 0.25) is 5.91 Å². The van der Waals surface area contributed by atoms with Crippen LogP contribution < -0.4 is 5.73 Å². The minimum absolute atomic E-state index is 0.0616. The maximum atomic E-state index is 12.4. The number of H-pyrrole nitrogens is 1. The lowest BCUT2D eigenvalue weighted by Gasteiger charge is -2.16. The molecule has 1 aliphatic heterocycles. The monoisotopic (exact) mass is 311 g/mol. The van der Waals surface area contributed by atoms with E-state index in [-0.39, 0.29) is 5.91 Å². The number of nitrogens with one attached hydrogen (secondary N) is 1. The van der Waals surface area contributed by atoms with Crippen molar-refractivity contribution < 1.29 is 9.59 Å². The van der Waals surface area contributed by atoms with Crippen molar-refractivity contribution in [3.05, 3.63) is 58.9 Å². The van der Waals surface area contributed by atoms with Gasteiger partial charge in [-0.2, -0.15) is 0 Å². The molecule has 5 heteroatoms. The number of nitrogens with two attached hydrogens (primary N) is 1. The standard InChI is InChI=1S/C18H21N3O2/c1-12-7-16(20-10-12)18(23)21-6-5-14(11-21)8-13-3-2-4-15(9-13)17(19)22/h2-4,7,9-10,14,20H,5-6,8,11H2,1H3,(H2,19,22). The van der Waals surface area contributed by atoms with Crippen molar-refractivity contribution in [2.75, 3.05) is 13.1 Å². The third-order valence-electron chi connectivity index (χ3n) is 4.37. The molecule has 23 heavy (non-hydrogen) atoms. The van der Waals surface area contributed by atoms with Crippen LogP contribution in [-0.2, 0) is 6.42 Å². The van der Waals surface area contributed by atoms with E-state index >= 15 is 0 Å². The Morgan fingerprint density at radius 1 is 1.35 bits per heavy atom. The molecule has 0 saturated carbocycles. The Hall–Kier alpha value is -2.56. The van der Waals surface area contributed by atoms with Crippen LogP contribution in [0.2, 0.25) is 0 Å². The van der Waals surface area contributed by atoms with E-state index in [0.717, 1.165) is 37.1 Å². The molecule has 0 aliphatic carbocycles. The van der Waals surface area contributed by atoms with Gasteiger partial charge in [0.15, 0.2) is 0 Å². The summed E-state index contributed by atoms with van der Waals surface area (Å²) < 4.78 is 0. The number of aromatic nitrogens is 1. The molecule has 2 amide bonds. The topological polar surface area (TPSA) is 79.2 Å². The van der Waals surface area contributed by atoms with Crippen LogP contribution in [0.4, 0.5) is 0 Å². The highest BCUT2D eigenvalue weighted by molar-refractivity contribution is 5.93. The average Bonchev–Trinajstić information content (AvgIpc) is 3.16. The molecule has 2 heterocycles. The highest BCUT2D eigenvalue weighted by Gasteiger charge is 2.27. The largest absolute Gasteiger partial charge is 0.366 e. The highest BCUT2D eigenvalue weighted by atomic mass is 16.2. The summed E-state index contributed by atoms with van der Waals surface area (Å²) in [4.78, 5) is 28.6. The molecular formula is C18H21N3O2. The Morgan fingerprint density at radius 3 is 2.87 bits per heavy atom. The molecule has 1 aliphatic rings. The van der Waals surface area contributed by atoms with Crippen molar-refractivity contribution in [1.82, 2.24) is 9.88 Å². The molecule has 1 fully saturated rings. The zero-order chi connectivity index (χ0) is 16.4. The van der Waals surface area contributed by atoms with Gasteiger partial charge < -0.3 is 15.6 Å². The van der Waals surface area contributed by atoms with E-state index in [1.165, 1.54) is 0 Å². The molecule has 0 bridgehead atoms. The molecule has 3 N–H and O–H groups in total. The first kappa shape index (κ1) is 15.3. The Balaban J connectivity index is 1.63. The minimum Gasteiger partial charge on any atom is -0.366 e. The van der Waals surface area contributed by atoms with Crippen LogP contribution in [0, 0.1) is 12.8 Å². The Kier molecular flexibility index (Phi) is 4.19. The second kappa shape index (κ2) is 6.28. The molecule has 0 radical (unpaired) electrons. The molecule has 1 unspecified atom stereocenters. The summed E-state index contributed by atoms with van der Waals surface area (Å²) in [5, 5.41) is 0. The predicted octanol–water partition coefficient (Wildman–Crippen LogP) is 2.13. The van der Waals surface area contributed by atoms with Gasteiger partial charge in [0.1, 0.15) is 5.69 Å². The molecule has 0 spiro atoms. The summed E-state index contributed by atoms with van der Waals surface area (Å²) in [6.07, 6.45) is 3.68. The van der Waals surface area contributed by atoms with Crippen LogP contribution in [0.1, 0.15) is 38.4 Å². The van der Waals surface area contributed by atoms with Crippen LogP contribution >= 0.6 is 0 Å². The molecule has 120 valence electrons. The van der Waals surface area contributed by atoms with Crippen LogP contribution in [0.25, 0.3) is 0 Å². The Bertz CT molecular complexity index is 735. The number of carbonyl (C=O) groups excluding carboxylic acids is 2. The maximum absolute atomic E-state index is 12.4. The molecule has 1 saturated heterocycles. The zero-order valence-corrected chi connectivity index (χ0v) is 13.2. The van der Waals surface area contributed by atoms with E-state index in [4.69, 9.17) is 5.73 Å². The average molecular weight is 311 g/mol. The summed E-state index contributed by atoms with van der Waals surface area (Å²) in [6, 6.07) is 9.32. The van der Waals surface area contributed by atoms with E-state index < -0.39 is 5.91 Å². The first-order chi connectivity index (χ1) is 11.0. The van der Waals surface area contributed by atoms with Gasteiger partial charge in [-0.05, 0) is 55.0 Å². The highest BCUT2D eigenvalue weighted by Crippen LogP contribution is 2.23. The first-order valence-corrected chi connectivity index (χ1v) is 7.86. The van der Waals surface area contributed by atoms with Crippen molar-refractivity contribution in [3.63, 3.8) is 0 Å². The number of likely N-dealkylation sites (tertiary alicyclic amines) is 1. The number of aromatic amines is 1. The van der Waals surface area contributed by atoms with Gasteiger partial charge in [-0.1, -0.05) is 12.1 Å². The maximum Gasteiger partial charge on any atom is 0.270 e. The van der Waals surface area contributed by atoms with E-state index in [0.29, 0.717) is 17.2 Å². The number of benzene rings is 1. The molecule has 1 aromatic carbocycles. The first-order valence-electron chi connectivity index (χ1n) is 7.86. The molecule has 1 atom stereocenters. The number of rotatable bonds is 4. The fraction of sp³-hybridized carbons (Fsp3) is 0.333. The second-order valence-corrected chi connectivity index (χ2v) is 6.27. The molecule has 1 aromatic heterocycles. The normalized spacial score (nSPS) is 17.4. The summed E-state index contributed by atoms with van der Waals surface area (Å²) in [5.74, 6) is 0.0711. The van der Waals surface area contributed by atoms with Crippen molar-refractivity contribution in [3.8, 4) is 0 Å². The van der Waals surface area contributed by atoms with Gasteiger partial charge in [0.05, 0.1) is 0 Å². The number of hydrogen-bond donors (Lipinski definition) is 2. The third kappa shape index (κ3) is 3.44. The van der Waals surface area contributed by atoms with Gasteiger partial charge >= 0.3 is 0 Å². The third-order valence-corrected chi connectivity index (χ3v) is 4.37. The van der Waals surface area contributed by atoms with Crippen LogP contribution in [-0.4, -0.2) is 34.8 Å². The number of nitrogens with zero attached hydrogens (tertiary/aromatic N) is 1. The van der Waals surface area contributed by atoms with Crippen molar-refractivity contribution in [1.29, 1.82) is 0 Å². The summed E-state index contributed by atoms with van der Waals surface area (Å²) in [6.45, 7) is 3.49. The van der Waals surface area contributed by atoms with Crippen molar-refractivity contribution >= 4 is 11.8 Å². The fourth-order valence-corrected chi connectivity index (χ4v) is 3.17. The van der Waals surface area contributed by atoms with Gasteiger partial charge in [-0.3, -0.25) is 9.59 Å². The Morgan fingerprint density at radius 2 is 2.17 bits per heavy atom. The smallest absolute Gasteiger partial charge is 0.270 e. The van der Waals surface area contributed by atoms with Gasteiger partial charge in [0, 0.05) is 24.8 Å². The quantitative estimate of drug-likeness (QED) is 0.907. The molecule has 3 rings (SSSR count). The van der Waals surface area contributed by atoms with E-state index in [2.05, 4.69) is 4.98 Å². The summed E-state index contributed by atoms with van der Waals surface area (Å²) in [5.41, 5.74) is 8.67. The minimum atomic E-state index is -0.405. The van der Waals surface area contributed by atoms with Crippen LogP contribution in [0.5, 0.6) is 0 Å². The van der Waals surface area contributed by atoms with E-state index in [9.17, 15) is 9.59 Å². The van der Waals surface area contributed by atoms with Gasteiger partial charge in [-0.15, -0.1) is 0 Å². The van der Waals surface area contributed by atoms with Gasteiger partial charge in [-0.25, -0.2) is 0 Å². The fourth-order valence-electron chi connectivity index (χ4n) is 3.17.